The summed E-state index contributed by atoms with van der Waals surface area (Å²) in [6.45, 7) is 4.62. The summed E-state index contributed by atoms with van der Waals surface area (Å²) in [5.41, 5.74) is 0. The number of amides is 1. The normalized spacial score (nSPS) is 23.7. The third-order valence-electron chi connectivity index (χ3n) is 2.29. The molecule has 0 aliphatic carbocycles. The predicted molar refractivity (Wildman–Crippen MR) is 50.4 cm³/mol. The van der Waals surface area contributed by atoms with Gasteiger partial charge < -0.3 is 15.3 Å². The first kappa shape index (κ1) is 10.5. The Morgan fingerprint density at radius 2 is 2.46 bits per heavy atom. The molecule has 13 heavy (non-hydrogen) atoms. The van der Waals surface area contributed by atoms with Gasteiger partial charge in [-0.3, -0.25) is 4.79 Å². The molecule has 0 bridgehead atoms. The van der Waals surface area contributed by atoms with Crippen LogP contribution in [0.5, 0.6) is 0 Å². The van der Waals surface area contributed by atoms with Crippen LogP contribution in [-0.4, -0.2) is 48.2 Å². The lowest BCUT2D eigenvalue weighted by Crippen LogP contribution is -2.55. The monoisotopic (exact) mass is 186 g/mol. The Morgan fingerprint density at radius 1 is 1.69 bits per heavy atom. The van der Waals surface area contributed by atoms with Crippen LogP contribution in [0.4, 0.5) is 0 Å². The maximum atomic E-state index is 11.7. The predicted octanol–water partition coefficient (Wildman–Crippen LogP) is -0.421. The molecule has 1 heterocycles. The summed E-state index contributed by atoms with van der Waals surface area (Å²) >= 11 is 0. The van der Waals surface area contributed by atoms with E-state index in [4.69, 9.17) is 5.11 Å². The van der Waals surface area contributed by atoms with Crippen molar-refractivity contribution < 1.29 is 9.90 Å². The molecule has 1 aliphatic rings. The first-order chi connectivity index (χ1) is 6.29. The fourth-order valence-corrected chi connectivity index (χ4v) is 1.64. The number of hydrogen-bond acceptors (Lipinski definition) is 3. The average Bonchev–Trinajstić information content (AvgIpc) is 2.13. The summed E-state index contributed by atoms with van der Waals surface area (Å²) in [7, 11) is 0. The molecule has 1 atom stereocenters. The van der Waals surface area contributed by atoms with Crippen LogP contribution in [0.15, 0.2) is 0 Å². The van der Waals surface area contributed by atoms with Gasteiger partial charge in [0, 0.05) is 26.2 Å². The van der Waals surface area contributed by atoms with Gasteiger partial charge in [-0.1, -0.05) is 6.92 Å². The highest BCUT2D eigenvalue weighted by Gasteiger charge is 2.26. The third kappa shape index (κ3) is 2.67. The van der Waals surface area contributed by atoms with Crippen molar-refractivity contribution in [1.29, 1.82) is 0 Å². The van der Waals surface area contributed by atoms with Gasteiger partial charge in [0.2, 0.25) is 5.91 Å². The van der Waals surface area contributed by atoms with Gasteiger partial charge in [0.05, 0.1) is 6.04 Å². The van der Waals surface area contributed by atoms with Gasteiger partial charge in [-0.05, 0) is 12.8 Å². The number of carbonyl (C=O) groups excluding carboxylic acids is 1. The van der Waals surface area contributed by atoms with Crippen LogP contribution < -0.4 is 5.32 Å². The Balaban J connectivity index is 2.45. The van der Waals surface area contributed by atoms with Gasteiger partial charge in [-0.15, -0.1) is 0 Å². The van der Waals surface area contributed by atoms with Gasteiger partial charge in [0.15, 0.2) is 0 Å². The summed E-state index contributed by atoms with van der Waals surface area (Å²) in [6.07, 6.45) is 1.52. The zero-order chi connectivity index (χ0) is 9.68. The lowest BCUT2D eigenvalue weighted by atomic mass is 10.1. The van der Waals surface area contributed by atoms with E-state index in [1.807, 2.05) is 4.90 Å². The number of carbonyl (C=O) groups is 1. The second kappa shape index (κ2) is 5.19. The van der Waals surface area contributed by atoms with Gasteiger partial charge in [-0.25, -0.2) is 0 Å². The molecule has 1 unspecified atom stereocenters. The minimum absolute atomic E-state index is 0.0728. The van der Waals surface area contributed by atoms with Crippen LogP contribution in [0.25, 0.3) is 0 Å². The molecule has 1 saturated heterocycles. The van der Waals surface area contributed by atoms with Crippen molar-refractivity contribution in [3.63, 3.8) is 0 Å². The molecule has 0 spiro atoms. The van der Waals surface area contributed by atoms with Crippen molar-refractivity contribution in [2.24, 2.45) is 0 Å². The number of aliphatic hydroxyl groups excluding tert-OH is 1. The first-order valence-electron chi connectivity index (χ1n) is 4.92. The molecular weight excluding hydrogens is 168 g/mol. The van der Waals surface area contributed by atoms with Crippen LogP contribution in [-0.2, 0) is 4.79 Å². The van der Waals surface area contributed by atoms with Crippen molar-refractivity contribution >= 4 is 5.91 Å². The minimum Gasteiger partial charge on any atom is -0.396 e. The Morgan fingerprint density at radius 3 is 3.08 bits per heavy atom. The van der Waals surface area contributed by atoms with E-state index in [2.05, 4.69) is 12.2 Å². The number of aliphatic hydroxyl groups is 1. The SMILES string of the molecule is CCCN1CCNC(CCO)C1=O. The Bertz CT molecular complexity index is 153. The number of hydrogen-bond donors (Lipinski definition) is 2. The molecule has 0 aromatic rings. The average molecular weight is 186 g/mol. The molecular formula is C9H18N2O2. The van der Waals surface area contributed by atoms with Gasteiger partial charge >= 0.3 is 0 Å². The Kier molecular flexibility index (Phi) is 4.18. The van der Waals surface area contributed by atoms with E-state index < -0.39 is 0 Å². The summed E-state index contributed by atoms with van der Waals surface area (Å²) in [5.74, 6) is 0.141. The topological polar surface area (TPSA) is 52.6 Å². The van der Waals surface area contributed by atoms with Crippen molar-refractivity contribution in [2.75, 3.05) is 26.2 Å². The molecule has 1 fully saturated rings. The quantitative estimate of drug-likeness (QED) is 0.627. The molecule has 0 saturated carbocycles. The van der Waals surface area contributed by atoms with Crippen LogP contribution in [0.2, 0.25) is 0 Å². The van der Waals surface area contributed by atoms with Crippen LogP contribution >= 0.6 is 0 Å². The maximum Gasteiger partial charge on any atom is 0.239 e. The van der Waals surface area contributed by atoms with Crippen molar-refractivity contribution in [1.82, 2.24) is 10.2 Å². The standard InChI is InChI=1S/C9H18N2O2/c1-2-5-11-6-4-10-8(3-7-12)9(11)13/h8,10,12H,2-7H2,1H3. The highest BCUT2D eigenvalue weighted by atomic mass is 16.3. The summed E-state index contributed by atoms with van der Waals surface area (Å²) in [5, 5.41) is 11.8. The zero-order valence-corrected chi connectivity index (χ0v) is 8.12. The number of nitrogens with zero attached hydrogens (tertiary/aromatic N) is 1. The molecule has 1 aliphatic heterocycles. The zero-order valence-electron chi connectivity index (χ0n) is 8.12. The second-order valence-electron chi connectivity index (χ2n) is 3.34. The fraction of sp³-hybridized carbons (Fsp3) is 0.889. The van der Waals surface area contributed by atoms with E-state index >= 15 is 0 Å². The number of rotatable bonds is 4. The molecule has 4 heteroatoms. The molecule has 4 nitrogen and oxygen atoms in total. The summed E-state index contributed by atoms with van der Waals surface area (Å²) in [6, 6.07) is -0.162. The molecule has 0 radical (unpaired) electrons. The smallest absolute Gasteiger partial charge is 0.239 e. The molecule has 1 rings (SSSR count). The highest BCUT2D eigenvalue weighted by Crippen LogP contribution is 2.04. The van der Waals surface area contributed by atoms with E-state index in [1.165, 1.54) is 0 Å². The number of piperazine rings is 1. The van der Waals surface area contributed by atoms with Gasteiger partial charge in [0.1, 0.15) is 0 Å². The van der Waals surface area contributed by atoms with Crippen LogP contribution in [0.1, 0.15) is 19.8 Å². The maximum absolute atomic E-state index is 11.7. The lowest BCUT2D eigenvalue weighted by molar-refractivity contribution is -0.136. The van der Waals surface area contributed by atoms with Gasteiger partial charge in [-0.2, -0.15) is 0 Å². The summed E-state index contributed by atoms with van der Waals surface area (Å²) in [4.78, 5) is 13.5. The summed E-state index contributed by atoms with van der Waals surface area (Å²) < 4.78 is 0. The second-order valence-corrected chi connectivity index (χ2v) is 3.34. The molecule has 0 aromatic heterocycles. The highest BCUT2D eigenvalue weighted by molar-refractivity contribution is 5.82. The Hall–Kier alpha value is -0.610. The largest absolute Gasteiger partial charge is 0.396 e. The molecule has 0 aromatic carbocycles. The minimum atomic E-state index is -0.162. The van der Waals surface area contributed by atoms with Crippen LogP contribution in [0.3, 0.4) is 0 Å². The molecule has 76 valence electrons. The molecule has 2 N–H and O–H groups in total. The molecule has 1 amide bonds. The van der Waals surface area contributed by atoms with E-state index in [9.17, 15) is 4.79 Å². The Labute approximate surface area is 78.9 Å². The van der Waals surface area contributed by atoms with Crippen molar-refractivity contribution in [3.05, 3.63) is 0 Å². The lowest BCUT2D eigenvalue weighted by Gasteiger charge is -2.32. The van der Waals surface area contributed by atoms with E-state index in [0.717, 1.165) is 26.1 Å². The van der Waals surface area contributed by atoms with Crippen molar-refractivity contribution in [2.45, 2.75) is 25.8 Å². The van der Waals surface area contributed by atoms with Crippen molar-refractivity contribution in [3.8, 4) is 0 Å². The van der Waals surface area contributed by atoms with E-state index in [-0.39, 0.29) is 18.6 Å². The van der Waals surface area contributed by atoms with E-state index in [1.54, 1.807) is 0 Å². The first-order valence-corrected chi connectivity index (χ1v) is 4.92. The fourth-order valence-electron chi connectivity index (χ4n) is 1.64. The third-order valence-corrected chi connectivity index (χ3v) is 2.29. The van der Waals surface area contributed by atoms with E-state index in [0.29, 0.717) is 6.42 Å². The van der Waals surface area contributed by atoms with Gasteiger partial charge in [0.25, 0.3) is 0 Å². The van der Waals surface area contributed by atoms with Crippen LogP contribution in [0, 0.1) is 0 Å². The number of nitrogens with one attached hydrogen (secondary N) is 1.